The molecular formula is C16H24N2O3. The Morgan fingerprint density at radius 3 is 2.57 bits per heavy atom. The van der Waals surface area contributed by atoms with Gasteiger partial charge in [0.25, 0.3) is 0 Å². The van der Waals surface area contributed by atoms with Gasteiger partial charge >= 0.3 is 5.97 Å². The number of methoxy groups -OCH3 is 1. The number of carboxylic acids is 1. The topological polar surface area (TPSA) is 61.8 Å². The zero-order chi connectivity index (χ0) is 15.5. The van der Waals surface area contributed by atoms with Crippen LogP contribution in [0.4, 0.5) is 5.69 Å². The highest BCUT2D eigenvalue weighted by Gasteiger charge is 2.41. The molecule has 1 aromatic carbocycles. The minimum atomic E-state index is -0.891. The van der Waals surface area contributed by atoms with Gasteiger partial charge in [-0.15, -0.1) is 0 Å². The number of hydrogen-bond acceptors (Lipinski definition) is 4. The minimum absolute atomic E-state index is 0.452. The summed E-state index contributed by atoms with van der Waals surface area (Å²) >= 11 is 0. The molecule has 21 heavy (non-hydrogen) atoms. The van der Waals surface area contributed by atoms with E-state index in [9.17, 15) is 9.90 Å². The first-order valence-electron chi connectivity index (χ1n) is 7.36. The number of aliphatic carboxylic acids is 1. The maximum Gasteiger partial charge on any atom is 0.329 e. The number of hydrogen-bond donors (Lipinski definition) is 2. The number of anilines is 1. The van der Waals surface area contributed by atoms with Crippen LogP contribution < -0.4 is 10.1 Å². The molecule has 1 fully saturated rings. The lowest BCUT2D eigenvalue weighted by Gasteiger charge is -2.41. The summed E-state index contributed by atoms with van der Waals surface area (Å²) in [6.07, 6.45) is 1.19. The molecule has 5 heteroatoms. The number of benzene rings is 1. The Labute approximate surface area is 125 Å². The van der Waals surface area contributed by atoms with Gasteiger partial charge in [0, 0.05) is 30.9 Å². The molecule has 0 spiro atoms. The molecule has 2 rings (SSSR count). The molecule has 1 heterocycles. The van der Waals surface area contributed by atoms with Crippen LogP contribution >= 0.6 is 0 Å². The van der Waals surface area contributed by atoms with Crippen molar-refractivity contribution in [3.8, 4) is 5.75 Å². The molecule has 1 aromatic rings. The van der Waals surface area contributed by atoms with E-state index in [-0.39, 0.29) is 0 Å². The highest BCUT2D eigenvalue weighted by Crippen LogP contribution is 2.29. The molecule has 0 aliphatic carbocycles. The van der Waals surface area contributed by atoms with Crippen LogP contribution in [0, 0.1) is 0 Å². The highest BCUT2D eigenvalue weighted by atomic mass is 16.5. The maximum absolute atomic E-state index is 11.8. The Bertz CT molecular complexity index is 494. The second-order valence-corrected chi connectivity index (χ2v) is 5.87. The van der Waals surface area contributed by atoms with Gasteiger partial charge in [-0.3, -0.25) is 0 Å². The van der Waals surface area contributed by atoms with Gasteiger partial charge in [-0.1, -0.05) is 6.07 Å². The van der Waals surface area contributed by atoms with Gasteiger partial charge in [0.2, 0.25) is 0 Å². The third-order valence-corrected chi connectivity index (χ3v) is 4.24. The van der Waals surface area contributed by atoms with Crippen LogP contribution in [0.25, 0.3) is 0 Å². The smallest absolute Gasteiger partial charge is 0.329 e. The molecule has 0 unspecified atom stereocenters. The van der Waals surface area contributed by atoms with Crippen molar-refractivity contribution >= 4 is 11.7 Å². The van der Waals surface area contributed by atoms with Gasteiger partial charge in [-0.2, -0.15) is 0 Å². The Morgan fingerprint density at radius 2 is 2.05 bits per heavy atom. The van der Waals surface area contributed by atoms with Gasteiger partial charge < -0.3 is 20.1 Å². The number of carboxylic acid groups (broad SMARTS) is 1. The zero-order valence-corrected chi connectivity index (χ0v) is 12.9. The number of likely N-dealkylation sites (tertiary alicyclic amines) is 1. The Balaban J connectivity index is 2.14. The number of nitrogens with zero attached hydrogens (tertiary/aromatic N) is 1. The van der Waals surface area contributed by atoms with Crippen LogP contribution in [0.1, 0.15) is 26.7 Å². The molecule has 1 saturated heterocycles. The predicted octanol–water partition coefficient (Wildman–Crippen LogP) is 2.43. The normalized spacial score (nSPS) is 18.5. The Morgan fingerprint density at radius 1 is 1.38 bits per heavy atom. The fourth-order valence-electron chi connectivity index (χ4n) is 2.79. The third kappa shape index (κ3) is 3.47. The Kier molecular flexibility index (Phi) is 4.73. The quantitative estimate of drug-likeness (QED) is 0.873. The molecule has 2 N–H and O–H groups in total. The molecule has 1 aliphatic rings. The lowest BCUT2D eigenvalue weighted by atomic mass is 9.86. The van der Waals surface area contributed by atoms with Crippen LogP contribution in [-0.4, -0.2) is 47.8 Å². The molecule has 0 aromatic heterocycles. The number of rotatable bonds is 5. The van der Waals surface area contributed by atoms with E-state index in [1.807, 2.05) is 24.3 Å². The summed E-state index contributed by atoms with van der Waals surface area (Å²) < 4.78 is 5.19. The number of nitrogens with one attached hydrogen (secondary N) is 1. The predicted molar refractivity (Wildman–Crippen MR) is 82.9 cm³/mol. The van der Waals surface area contributed by atoms with Gasteiger partial charge in [0.05, 0.1) is 7.11 Å². The van der Waals surface area contributed by atoms with Crippen molar-refractivity contribution < 1.29 is 14.6 Å². The van der Waals surface area contributed by atoms with E-state index in [4.69, 9.17) is 4.74 Å². The molecule has 0 atom stereocenters. The van der Waals surface area contributed by atoms with E-state index in [1.165, 1.54) is 0 Å². The van der Waals surface area contributed by atoms with E-state index in [1.54, 1.807) is 7.11 Å². The largest absolute Gasteiger partial charge is 0.497 e. The van der Waals surface area contributed by atoms with E-state index in [0.717, 1.165) is 24.5 Å². The highest BCUT2D eigenvalue weighted by molar-refractivity contribution is 5.83. The fourth-order valence-corrected chi connectivity index (χ4v) is 2.79. The summed E-state index contributed by atoms with van der Waals surface area (Å²) in [6, 6.07) is 7.87. The summed E-state index contributed by atoms with van der Waals surface area (Å²) in [5, 5.41) is 12.9. The van der Waals surface area contributed by atoms with Crippen molar-refractivity contribution in [2.45, 2.75) is 38.3 Å². The van der Waals surface area contributed by atoms with Gasteiger partial charge in [0.15, 0.2) is 0 Å². The van der Waals surface area contributed by atoms with Crippen molar-refractivity contribution in [3.63, 3.8) is 0 Å². The number of carbonyl (C=O) groups is 1. The van der Waals surface area contributed by atoms with Crippen LogP contribution in [0.15, 0.2) is 24.3 Å². The molecule has 0 bridgehead atoms. The van der Waals surface area contributed by atoms with Crippen molar-refractivity contribution in [2.24, 2.45) is 0 Å². The van der Waals surface area contributed by atoms with Gasteiger partial charge in [-0.25, -0.2) is 4.79 Å². The second-order valence-electron chi connectivity index (χ2n) is 5.87. The SMILES string of the molecule is COc1cccc(NC2(C(=O)O)CCN(C(C)C)CC2)c1. The second kappa shape index (κ2) is 6.35. The summed E-state index contributed by atoms with van der Waals surface area (Å²) in [6.45, 7) is 5.87. The molecule has 0 radical (unpaired) electrons. The lowest BCUT2D eigenvalue weighted by Crippen LogP contribution is -2.55. The number of piperidine rings is 1. The first kappa shape index (κ1) is 15.6. The molecule has 116 valence electrons. The zero-order valence-electron chi connectivity index (χ0n) is 12.9. The molecule has 0 saturated carbocycles. The van der Waals surface area contributed by atoms with Crippen LogP contribution in [0.2, 0.25) is 0 Å². The average molecular weight is 292 g/mol. The monoisotopic (exact) mass is 292 g/mol. The summed E-state index contributed by atoms with van der Waals surface area (Å²) in [4.78, 5) is 14.1. The first-order chi connectivity index (χ1) is 9.97. The molecule has 5 nitrogen and oxygen atoms in total. The maximum atomic E-state index is 11.8. The van der Waals surface area contributed by atoms with Crippen molar-refractivity contribution in [2.75, 3.05) is 25.5 Å². The lowest BCUT2D eigenvalue weighted by molar-refractivity contribution is -0.144. The van der Waals surface area contributed by atoms with Crippen LogP contribution in [-0.2, 0) is 4.79 Å². The van der Waals surface area contributed by atoms with Crippen molar-refractivity contribution in [1.29, 1.82) is 0 Å². The van der Waals surface area contributed by atoms with Crippen molar-refractivity contribution in [3.05, 3.63) is 24.3 Å². The summed E-state index contributed by atoms with van der Waals surface area (Å²) in [5.41, 5.74) is -0.104. The molecular weight excluding hydrogens is 268 g/mol. The van der Waals surface area contributed by atoms with Crippen LogP contribution in [0.3, 0.4) is 0 Å². The summed E-state index contributed by atoms with van der Waals surface area (Å²) in [7, 11) is 1.60. The van der Waals surface area contributed by atoms with Gasteiger partial charge in [0.1, 0.15) is 11.3 Å². The standard InChI is InChI=1S/C16H24N2O3/c1-12(2)18-9-7-16(8-10-18,15(19)20)17-13-5-4-6-14(11-13)21-3/h4-6,11-12,17H,7-10H2,1-3H3,(H,19,20). The van der Waals surface area contributed by atoms with E-state index in [0.29, 0.717) is 18.9 Å². The third-order valence-electron chi connectivity index (χ3n) is 4.24. The van der Waals surface area contributed by atoms with E-state index >= 15 is 0 Å². The summed E-state index contributed by atoms with van der Waals surface area (Å²) in [5.74, 6) is -0.0612. The van der Waals surface area contributed by atoms with Crippen LogP contribution in [0.5, 0.6) is 5.75 Å². The minimum Gasteiger partial charge on any atom is -0.497 e. The average Bonchev–Trinajstić information content (AvgIpc) is 2.47. The molecule has 1 aliphatic heterocycles. The number of ether oxygens (including phenoxy) is 1. The molecule has 0 amide bonds. The first-order valence-corrected chi connectivity index (χ1v) is 7.36. The van der Waals surface area contributed by atoms with E-state index < -0.39 is 11.5 Å². The Hall–Kier alpha value is -1.75. The van der Waals surface area contributed by atoms with Gasteiger partial charge in [-0.05, 0) is 38.8 Å². The fraction of sp³-hybridized carbons (Fsp3) is 0.562. The van der Waals surface area contributed by atoms with Crippen molar-refractivity contribution in [1.82, 2.24) is 4.90 Å². The van der Waals surface area contributed by atoms with E-state index in [2.05, 4.69) is 24.1 Å².